The number of H-pyrrole nitrogens is 1. The third-order valence-electron chi connectivity index (χ3n) is 5.75. The van der Waals surface area contributed by atoms with E-state index in [-0.39, 0.29) is 40.3 Å². The number of carbonyl (C=O) groups excluding carboxylic acids is 1. The van der Waals surface area contributed by atoms with E-state index in [1.807, 2.05) is 30.3 Å². The number of hydrogen-bond acceptors (Lipinski definition) is 6. The van der Waals surface area contributed by atoms with E-state index >= 15 is 0 Å². The van der Waals surface area contributed by atoms with E-state index in [0.717, 1.165) is 23.1 Å². The van der Waals surface area contributed by atoms with Crippen LogP contribution in [0, 0.1) is 5.92 Å². The van der Waals surface area contributed by atoms with Crippen LogP contribution in [0.5, 0.6) is 5.75 Å². The molecule has 1 saturated carbocycles. The van der Waals surface area contributed by atoms with Crippen LogP contribution in [0.15, 0.2) is 58.1 Å². The number of aryl methyl sites for hydroxylation is 1. The molecule has 0 saturated heterocycles. The number of aromatic amines is 1. The monoisotopic (exact) mass is 449 g/mol. The quantitative estimate of drug-likeness (QED) is 0.412. The molecule has 4 rings (SSSR count). The van der Waals surface area contributed by atoms with Crippen molar-refractivity contribution < 1.29 is 9.90 Å². The minimum absolute atomic E-state index is 0.00687. The topological polar surface area (TPSA) is 119 Å². The molecule has 1 aliphatic rings. The van der Waals surface area contributed by atoms with Gasteiger partial charge in [-0.15, -0.1) is 0 Å². The number of para-hydroxylation sites is 1. The predicted molar refractivity (Wildman–Crippen MR) is 127 cm³/mol. The normalized spacial score (nSPS) is 13.9. The predicted octanol–water partition coefficient (Wildman–Crippen LogP) is 2.79. The Morgan fingerprint density at radius 2 is 1.79 bits per heavy atom. The lowest BCUT2D eigenvalue weighted by Gasteiger charge is -2.22. The van der Waals surface area contributed by atoms with E-state index in [4.69, 9.17) is 0 Å². The van der Waals surface area contributed by atoms with Gasteiger partial charge in [0.15, 0.2) is 5.75 Å². The number of aromatic hydroxyl groups is 1. The van der Waals surface area contributed by atoms with Crippen LogP contribution in [0.25, 0.3) is 0 Å². The molecule has 9 nitrogen and oxygen atoms in total. The average Bonchev–Trinajstić information content (AvgIpc) is 3.63. The summed E-state index contributed by atoms with van der Waals surface area (Å²) in [6.07, 6.45) is 2.04. The molecule has 3 aromatic rings. The highest BCUT2D eigenvalue weighted by Crippen LogP contribution is 2.43. The second-order valence-corrected chi connectivity index (χ2v) is 8.45. The standard InChI is InChI=1S/C24H27N5O4/c1-28(2)23(32)16-10-7-11-17(21(16)30)25-20-19(22(31)27-29(3)24(20)33)26-18(15-12-13-15)14-8-5-4-6-9-14/h4-11,15,18,25-26,30H,12-13H2,1-3H3,(H,27,31)/t18-/m0/s1. The van der Waals surface area contributed by atoms with Crippen molar-refractivity contribution in [2.24, 2.45) is 13.0 Å². The molecule has 1 fully saturated rings. The summed E-state index contributed by atoms with van der Waals surface area (Å²) in [6.45, 7) is 0. The second-order valence-electron chi connectivity index (χ2n) is 8.45. The highest BCUT2D eigenvalue weighted by molar-refractivity contribution is 5.98. The molecule has 0 bridgehead atoms. The molecule has 1 aromatic heterocycles. The van der Waals surface area contributed by atoms with Crippen LogP contribution in [-0.4, -0.2) is 39.8 Å². The third-order valence-corrected chi connectivity index (χ3v) is 5.75. The number of rotatable bonds is 7. The fourth-order valence-corrected chi connectivity index (χ4v) is 3.81. The Morgan fingerprint density at radius 3 is 2.42 bits per heavy atom. The van der Waals surface area contributed by atoms with E-state index in [1.165, 1.54) is 18.0 Å². The molecule has 1 heterocycles. The zero-order valence-electron chi connectivity index (χ0n) is 18.8. The van der Waals surface area contributed by atoms with Crippen LogP contribution in [0.2, 0.25) is 0 Å². The Kier molecular flexibility index (Phi) is 5.95. The van der Waals surface area contributed by atoms with E-state index < -0.39 is 11.1 Å². The summed E-state index contributed by atoms with van der Waals surface area (Å²) in [7, 11) is 4.61. The Labute approximate surface area is 190 Å². The molecule has 0 spiro atoms. The molecule has 172 valence electrons. The van der Waals surface area contributed by atoms with Crippen LogP contribution in [0.4, 0.5) is 17.1 Å². The van der Waals surface area contributed by atoms with Crippen molar-refractivity contribution in [1.29, 1.82) is 0 Å². The number of phenols is 1. The number of hydrogen-bond donors (Lipinski definition) is 4. The van der Waals surface area contributed by atoms with Gasteiger partial charge < -0.3 is 20.6 Å². The first kappa shape index (κ1) is 22.2. The fraction of sp³-hybridized carbons (Fsp3) is 0.292. The maximum absolute atomic E-state index is 13.0. The SMILES string of the molecule is CN(C)C(=O)c1cccc(Nc2c(N[C@@H](c3ccccc3)C3CC3)c(=O)[nH]n(C)c2=O)c1O. The van der Waals surface area contributed by atoms with Crippen molar-refractivity contribution in [1.82, 2.24) is 14.7 Å². The molecule has 9 heteroatoms. The lowest BCUT2D eigenvalue weighted by Crippen LogP contribution is -2.33. The van der Waals surface area contributed by atoms with Crippen molar-refractivity contribution >= 4 is 23.0 Å². The van der Waals surface area contributed by atoms with Gasteiger partial charge in [-0.3, -0.25) is 24.2 Å². The summed E-state index contributed by atoms with van der Waals surface area (Å²) in [6, 6.07) is 14.3. The highest BCUT2D eigenvalue weighted by atomic mass is 16.3. The van der Waals surface area contributed by atoms with Gasteiger partial charge in [-0.2, -0.15) is 0 Å². The van der Waals surface area contributed by atoms with Gasteiger partial charge in [0.25, 0.3) is 17.0 Å². The van der Waals surface area contributed by atoms with Crippen LogP contribution < -0.4 is 21.8 Å². The van der Waals surface area contributed by atoms with Gasteiger partial charge in [0.1, 0.15) is 11.4 Å². The molecule has 33 heavy (non-hydrogen) atoms. The average molecular weight is 450 g/mol. The smallest absolute Gasteiger partial charge is 0.290 e. The van der Waals surface area contributed by atoms with E-state index in [2.05, 4.69) is 15.7 Å². The van der Waals surface area contributed by atoms with Crippen LogP contribution in [0.3, 0.4) is 0 Å². The first-order valence-corrected chi connectivity index (χ1v) is 10.7. The number of anilines is 3. The van der Waals surface area contributed by atoms with Gasteiger partial charge in [-0.05, 0) is 36.5 Å². The molecule has 1 atom stereocenters. The summed E-state index contributed by atoms with van der Waals surface area (Å²) in [4.78, 5) is 39.7. The molecule has 0 radical (unpaired) electrons. The maximum atomic E-state index is 13.0. The molecular weight excluding hydrogens is 422 g/mol. The molecule has 1 amide bonds. The summed E-state index contributed by atoms with van der Waals surface area (Å²) in [5.41, 5.74) is 0.379. The van der Waals surface area contributed by atoms with E-state index in [0.29, 0.717) is 5.92 Å². The van der Waals surface area contributed by atoms with Crippen molar-refractivity contribution in [2.45, 2.75) is 18.9 Å². The number of nitrogens with zero attached hydrogens (tertiary/aromatic N) is 2. The molecular formula is C24H27N5O4. The highest BCUT2D eigenvalue weighted by Gasteiger charge is 2.33. The molecule has 0 aliphatic heterocycles. The van der Waals surface area contributed by atoms with Crippen LogP contribution >= 0.6 is 0 Å². The number of nitrogens with one attached hydrogen (secondary N) is 3. The van der Waals surface area contributed by atoms with Gasteiger partial charge >= 0.3 is 0 Å². The summed E-state index contributed by atoms with van der Waals surface area (Å²) in [5, 5.41) is 19.4. The number of amides is 1. The third kappa shape index (κ3) is 4.48. The Morgan fingerprint density at radius 1 is 1.09 bits per heavy atom. The lowest BCUT2D eigenvalue weighted by atomic mass is 10.0. The molecule has 2 aromatic carbocycles. The van der Waals surface area contributed by atoms with Gasteiger partial charge in [0.05, 0.1) is 17.3 Å². The zero-order valence-corrected chi connectivity index (χ0v) is 18.8. The molecule has 1 aliphatic carbocycles. The van der Waals surface area contributed by atoms with Crippen molar-refractivity contribution in [3.63, 3.8) is 0 Å². The van der Waals surface area contributed by atoms with Gasteiger partial charge in [-0.25, -0.2) is 0 Å². The number of phenolic OH excluding ortho intramolecular Hbond substituents is 1. The largest absolute Gasteiger partial charge is 0.505 e. The Bertz CT molecular complexity index is 1290. The minimum atomic E-state index is -0.483. The van der Waals surface area contributed by atoms with Crippen molar-refractivity contribution in [2.75, 3.05) is 24.7 Å². The van der Waals surface area contributed by atoms with Gasteiger partial charge in [-0.1, -0.05) is 36.4 Å². The zero-order chi connectivity index (χ0) is 23.7. The second kappa shape index (κ2) is 8.85. The van der Waals surface area contributed by atoms with E-state index in [1.54, 1.807) is 26.2 Å². The number of carbonyl (C=O) groups is 1. The fourth-order valence-electron chi connectivity index (χ4n) is 3.81. The first-order valence-electron chi connectivity index (χ1n) is 10.7. The van der Waals surface area contributed by atoms with Crippen LogP contribution in [0.1, 0.15) is 34.8 Å². The minimum Gasteiger partial charge on any atom is -0.505 e. The number of benzene rings is 2. The molecule has 0 unspecified atom stereocenters. The summed E-state index contributed by atoms with van der Waals surface area (Å²) < 4.78 is 1.08. The van der Waals surface area contributed by atoms with E-state index in [9.17, 15) is 19.5 Å². The van der Waals surface area contributed by atoms with Crippen molar-refractivity contribution in [3.8, 4) is 5.75 Å². The Balaban J connectivity index is 1.77. The Hall–Kier alpha value is -4.01. The van der Waals surface area contributed by atoms with Crippen molar-refractivity contribution in [3.05, 3.63) is 80.4 Å². The molecule has 4 N–H and O–H groups in total. The summed E-state index contributed by atoms with van der Waals surface area (Å²) in [5.74, 6) is -0.337. The first-order chi connectivity index (χ1) is 15.8. The maximum Gasteiger partial charge on any atom is 0.290 e. The van der Waals surface area contributed by atoms with Gasteiger partial charge in [0.2, 0.25) is 0 Å². The summed E-state index contributed by atoms with van der Waals surface area (Å²) >= 11 is 0. The lowest BCUT2D eigenvalue weighted by molar-refractivity contribution is 0.0824. The number of aromatic nitrogens is 2. The van der Waals surface area contributed by atoms with Gasteiger partial charge in [0, 0.05) is 21.1 Å². The van der Waals surface area contributed by atoms with Crippen LogP contribution in [-0.2, 0) is 7.05 Å².